The van der Waals surface area contributed by atoms with Crippen molar-refractivity contribution in [3.8, 4) is 16.2 Å². The predicted octanol–water partition coefficient (Wildman–Crippen LogP) is 5.38. The summed E-state index contributed by atoms with van der Waals surface area (Å²) in [6.07, 6.45) is 4.68. The lowest BCUT2D eigenvalue weighted by molar-refractivity contribution is 0.0685. The number of thiophene rings is 1. The molecule has 1 aliphatic heterocycles. The van der Waals surface area contributed by atoms with Crippen LogP contribution in [0.4, 0.5) is 15.9 Å². The Morgan fingerprint density at radius 2 is 1.95 bits per heavy atom. The zero-order chi connectivity index (χ0) is 30.2. The Balaban J connectivity index is 1.08. The van der Waals surface area contributed by atoms with Crippen LogP contribution < -0.4 is 10.1 Å². The van der Waals surface area contributed by atoms with E-state index in [-0.39, 0.29) is 12.4 Å². The van der Waals surface area contributed by atoms with E-state index in [9.17, 15) is 9.50 Å². The molecule has 7 rings (SSSR count). The van der Waals surface area contributed by atoms with Gasteiger partial charge in [0.15, 0.2) is 0 Å². The maximum Gasteiger partial charge on any atom is 0.142 e. The summed E-state index contributed by atoms with van der Waals surface area (Å²) < 4.78 is 21.3. The molecular formula is C32H33ClFN7O2S. The van der Waals surface area contributed by atoms with Gasteiger partial charge in [0.1, 0.15) is 35.1 Å². The number of anilines is 2. The van der Waals surface area contributed by atoms with Crippen LogP contribution in [0.2, 0.25) is 5.02 Å². The van der Waals surface area contributed by atoms with Crippen molar-refractivity contribution >= 4 is 44.7 Å². The van der Waals surface area contributed by atoms with Gasteiger partial charge in [0, 0.05) is 54.5 Å². The van der Waals surface area contributed by atoms with Crippen molar-refractivity contribution in [3.05, 3.63) is 82.6 Å². The van der Waals surface area contributed by atoms with E-state index in [0.29, 0.717) is 23.9 Å². The van der Waals surface area contributed by atoms with E-state index in [1.54, 1.807) is 35.9 Å². The minimum Gasteiger partial charge on any atom is -0.487 e. The van der Waals surface area contributed by atoms with Gasteiger partial charge >= 0.3 is 0 Å². The molecule has 228 valence electrons. The first-order valence-electron chi connectivity index (χ1n) is 14.8. The van der Waals surface area contributed by atoms with Crippen molar-refractivity contribution in [2.45, 2.75) is 32.1 Å². The first-order valence-corrected chi connectivity index (χ1v) is 15.9. The molecule has 0 unspecified atom stereocenters. The Kier molecular flexibility index (Phi) is 8.21. The van der Waals surface area contributed by atoms with Crippen molar-refractivity contribution in [2.24, 2.45) is 0 Å². The minimum absolute atomic E-state index is 0.214. The maximum absolute atomic E-state index is 13.5. The van der Waals surface area contributed by atoms with Crippen LogP contribution in [-0.2, 0) is 26.0 Å². The summed E-state index contributed by atoms with van der Waals surface area (Å²) in [7, 11) is 2.14. The summed E-state index contributed by atoms with van der Waals surface area (Å²) in [6.45, 7) is 5.38. The third kappa shape index (κ3) is 6.02. The molecule has 2 aliphatic rings. The standard InChI is InChI=1S/C32H33ClFN7O2S/c1-39-9-11-40(12-10-39)16-23(42)17-41-27-7-6-24-29-31(35-19-36-32(29)44-30(24)25(27)15-37-41)38-22-5-8-28(26(33)14-22)43-18-20-3-2-4-21(34)13-20/h2-5,8,13-15,19,23,42H,6-7,9-12,16-18H2,1H3,(H,35,36,38)/t23-/m1/s1. The smallest absolute Gasteiger partial charge is 0.142 e. The molecule has 0 bridgehead atoms. The van der Waals surface area contributed by atoms with Gasteiger partial charge in [-0.05, 0) is 61.3 Å². The Labute approximate surface area is 263 Å². The van der Waals surface area contributed by atoms with Gasteiger partial charge in [-0.15, -0.1) is 11.3 Å². The first kappa shape index (κ1) is 29.1. The number of piperazine rings is 1. The molecule has 1 atom stereocenters. The maximum atomic E-state index is 13.5. The Morgan fingerprint density at radius 3 is 2.77 bits per heavy atom. The molecular weight excluding hydrogens is 601 g/mol. The quantitative estimate of drug-likeness (QED) is 0.224. The lowest BCUT2D eigenvalue weighted by atomic mass is 9.95. The van der Waals surface area contributed by atoms with Gasteiger partial charge in [0.05, 0.1) is 29.3 Å². The molecule has 2 N–H and O–H groups in total. The highest BCUT2D eigenvalue weighted by Crippen LogP contribution is 2.45. The highest BCUT2D eigenvalue weighted by Gasteiger charge is 2.28. The molecule has 0 saturated carbocycles. The molecule has 5 aromatic rings. The number of rotatable bonds is 9. The molecule has 1 aliphatic carbocycles. The monoisotopic (exact) mass is 633 g/mol. The van der Waals surface area contributed by atoms with Crippen molar-refractivity contribution < 1.29 is 14.2 Å². The number of aliphatic hydroxyl groups is 1. The van der Waals surface area contributed by atoms with Crippen LogP contribution in [0.3, 0.4) is 0 Å². The van der Waals surface area contributed by atoms with Crippen molar-refractivity contribution in [1.82, 2.24) is 29.5 Å². The molecule has 1 saturated heterocycles. The number of nitrogens with zero attached hydrogens (tertiary/aromatic N) is 6. The molecule has 12 heteroatoms. The number of halogens is 2. The molecule has 2 aromatic carbocycles. The van der Waals surface area contributed by atoms with Crippen LogP contribution in [0.1, 0.15) is 16.8 Å². The van der Waals surface area contributed by atoms with E-state index in [1.165, 1.54) is 17.7 Å². The highest BCUT2D eigenvalue weighted by molar-refractivity contribution is 7.22. The second kappa shape index (κ2) is 12.4. The van der Waals surface area contributed by atoms with Gasteiger partial charge < -0.3 is 20.1 Å². The second-order valence-corrected chi connectivity index (χ2v) is 12.9. The molecule has 3 aromatic heterocycles. The van der Waals surface area contributed by atoms with E-state index in [0.717, 1.165) is 82.4 Å². The van der Waals surface area contributed by atoms with E-state index in [4.69, 9.17) is 21.4 Å². The molecule has 4 heterocycles. The number of likely N-dealkylation sites (N-methyl/N-ethyl adjacent to an activating group) is 1. The van der Waals surface area contributed by atoms with E-state index >= 15 is 0 Å². The lowest BCUT2D eigenvalue weighted by Crippen LogP contribution is -2.47. The third-order valence-corrected chi connectivity index (χ3v) is 9.79. The SMILES string of the molecule is CN1CCN(C[C@@H](O)Cn2ncc3c2CCc2c-3sc3ncnc(Nc4ccc(OCc5cccc(F)c5)c(Cl)c4)c23)CC1. The number of β-amino-alcohol motifs (C(OH)–C–C–N with tert-alkyl or cyclic N) is 1. The average molecular weight is 634 g/mol. The number of ether oxygens (including phenoxy) is 1. The van der Waals surface area contributed by atoms with Crippen LogP contribution in [0, 0.1) is 5.82 Å². The van der Waals surface area contributed by atoms with Gasteiger partial charge in [-0.3, -0.25) is 9.58 Å². The van der Waals surface area contributed by atoms with E-state index in [1.807, 2.05) is 23.0 Å². The Morgan fingerprint density at radius 1 is 1.09 bits per heavy atom. The first-order chi connectivity index (χ1) is 21.4. The largest absolute Gasteiger partial charge is 0.487 e. The molecule has 44 heavy (non-hydrogen) atoms. The Bertz CT molecular complexity index is 1800. The topological polar surface area (TPSA) is 91.6 Å². The van der Waals surface area contributed by atoms with Crippen LogP contribution >= 0.6 is 22.9 Å². The molecule has 1 fully saturated rings. The van der Waals surface area contributed by atoms with E-state index in [2.05, 4.69) is 32.1 Å². The fourth-order valence-electron chi connectivity index (χ4n) is 6.01. The lowest BCUT2D eigenvalue weighted by Gasteiger charge is -2.33. The number of fused-ring (bicyclic) bond motifs is 5. The predicted molar refractivity (Wildman–Crippen MR) is 171 cm³/mol. The highest BCUT2D eigenvalue weighted by atomic mass is 35.5. The minimum atomic E-state index is -0.474. The fourth-order valence-corrected chi connectivity index (χ4v) is 7.47. The summed E-state index contributed by atoms with van der Waals surface area (Å²) >= 11 is 8.21. The zero-order valence-electron chi connectivity index (χ0n) is 24.3. The number of benzene rings is 2. The van der Waals surface area contributed by atoms with Gasteiger partial charge in [0.2, 0.25) is 0 Å². The van der Waals surface area contributed by atoms with Crippen LogP contribution in [0.5, 0.6) is 5.75 Å². The zero-order valence-corrected chi connectivity index (χ0v) is 25.9. The Hall–Kier alpha value is -3.61. The summed E-state index contributed by atoms with van der Waals surface area (Å²) in [4.78, 5) is 15.9. The molecule has 0 spiro atoms. The number of aryl methyl sites for hydroxylation is 1. The summed E-state index contributed by atoms with van der Waals surface area (Å²) in [5.41, 5.74) is 4.97. The summed E-state index contributed by atoms with van der Waals surface area (Å²) in [6, 6.07) is 11.8. The number of hydrogen-bond donors (Lipinski definition) is 2. The van der Waals surface area contributed by atoms with Gasteiger partial charge in [-0.1, -0.05) is 23.7 Å². The average Bonchev–Trinajstić information content (AvgIpc) is 3.60. The third-order valence-electron chi connectivity index (χ3n) is 8.32. The molecule has 9 nitrogen and oxygen atoms in total. The summed E-state index contributed by atoms with van der Waals surface area (Å²) in [5, 5.41) is 20.5. The van der Waals surface area contributed by atoms with Crippen LogP contribution in [-0.4, -0.2) is 80.5 Å². The van der Waals surface area contributed by atoms with Crippen molar-refractivity contribution in [3.63, 3.8) is 0 Å². The number of aliphatic hydroxyl groups excluding tert-OH is 1. The van der Waals surface area contributed by atoms with Crippen molar-refractivity contribution in [1.29, 1.82) is 0 Å². The fraction of sp³-hybridized carbons (Fsp3) is 0.344. The summed E-state index contributed by atoms with van der Waals surface area (Å²) in [5.74, 6) is 0.931. The number of hydrogen-bond acceptors (Lipinski definition) is 9. The van der Waals surface area contributed by atoms with E-state index < -0.39 is 6.10 Å². The van der Waals surface area contributed by atoms with Crippen LogP contribution in [0.25, 0.3) is 20.7 Å². The van der Waals surface area contributed by atoms with Crippen LogP contribution in [0.15, 0.2) is 55.0 Å². The normalized spacial score (nSPS) is 16.1. The van der Waals surface area contributed by atoms with Gasteiger partial charge in [-0.2, -0.15) is 5.10 Å². The van der Waals surface area contributed by atoms with Gasteiger partial charge in [0.25, 0.3) is 0 Å². The second-order valence-electron chi connectivity index (χ2n) is 11.4. The number of aromatic nitrogens is 4. The van der Waals surface area contributed by atoms with Gasteiger partial charge in [-0.25, -0.2) is 14.4 Å². The number of nitrogens with one attached hydrogen (secondary N) is 1. The molecule has 0 radical (unpaired) electrons. The molecule has 0 amide bonds. The van der Waals surface area contributed by atoms with Crippen molar-refractivity contribution in [2.75, 3.05) is 45.1 Å².